The lowest BCUT2D eigenvalue weighted by molar-refractivity contribution is -0.113. The Labute approximate surface area is 168 Å². The molecule has 0 aromatic heterocycles. The summed E-state index contributed by atoms with van der Waals surface area (Å²) in [6, 6.07) is 11.9. The van der Waals surface area contributed by atoms with Gasteiger partial charge in [0.2, 0.25) is 5.71 Å². The van der Waals surface area contributed by atoms with E-state index in [1.165, 1.54) is 38.5 Å². The van der Waals surface area contributed by atoms with Crippen molar-refractivity contribution in [3.05, 3.63) is 30.3 Å². The third-order valence-electron chi connectivity index (χ3n) is 5.53. The Morgan fingerprint density at radius 1 is 0.964 bits per heavy atom. The van der Waals surface area contributed by atoms with Gasteiger partial charge in [0.15, 0.2) is 5.78 Å². The molecule has 0 radical (unpaired) electrons. The summed E-state index contributed by atoms with van der Waals surface area (Å²) in [5.74, 6) is -0.160. The molecule has 2 saturated heterocycles. The minimum absolute atomic E-state index is 0.0119. The molecule has 0 spiro atoms. The van der Waals surface area contributed by atoms with Crippen LogP contribution in [-0.4, -0.2) is 60.7 Å². The highest BCUT2D eigenvalue weighted by atomic mass is 16.1. The number of carbonyl (C=O) groups excluding carboxylic acids is 1. The lowest BCUT2D eigenvalue weighted by Gasteiger charge is -2.31. The van der Waals surface area contributed by atoms with Crippen LogP contribution in [0.25, 0.3) is 0 Å². The molecule has 0 amide bonds. The summed E-state index contributed by atoms with van der Waals surface area (Å²) in [6.07, 6.45) is 7.68. The van der Waals surface area contributed by atoms with Gasteiger partial charge in [-0.2, -0.15) is 10.4 Å². The van der Waals surface area contributed by atoms with E-state index in [0.29, 0.717) is 13.1 Å². The molecule has 1 aromatic rings. The highest BCUT2D eigenvalue weighted by Crippen LogP contribution is 2.17. The molecule has 6 nitrogen and oxygen atoms in total. The largest absolute Gasteiger partial charge is 0.303 e. The average Bonchev–Trinajstić information content (AvgIpc) is 2.77. The highest BCUT2D eigenvalue weighted by Gasteiger charge is 2.19. The Balaban J connectivity index is 1.68. The van der Waals surface area contributed by atoms with Crippen molar-refractivity contribution in [2.24, 2.45) is 5.10 Å². The Hall–Kier alpha value is -2.23. The molecule has 2 fully saturated rings. The molecule has 1 aromatic carbocycles. The summed E-state index contributed by atoms with van der Waals surface area (Å²) in [7, 11) is 0. The quantitative estimate of drug-likeness (QED) is 0.511. The second-order valence-corrected chi connectivity index (χ2v) is 7.69. The fourth-order valence-electron chi connectivity index (χ4n) is 3.88. The monoisotopic (exact) mass is 381 g/mol. The van der Waals surface area contributed by atoms with Gasteiger partial charge in [0.1, 0.15) is 6.07 Å². The summed E-state index contributed by atoms with van der Waals surface area (Å²) in [6.45, 7) is 5.49. The van der Waals surface area contributed by atoms with Crippen LogP contribution >= 0.6 is 0 Å². The molecule has 0 bridgehead atoms. The van der Waals surface area contributed by atoms with Gasteiger partial charge in [0.05, 0.1) is 12.4 Å². The third kappa shape index (κ3) is 6.15. The van der Waals surface area contributed by atoms with E-state index in [1.807, 2.05) is 41.4 Å². The minimum Gasteiger partial charge on any atom is -0.303 e. The van der Waals surface area contributed by atoms with Crippen LogP contribution in [0.1, 0.15) is 44.9 Å². The van der Waals surface area contributed by atoms with E-state index in [9.17, 15) is 10.1 Å². The summed E-state index contributed by atoms with van der Waals surface area (Å²) < 4.78 is 0. The van der Waals surface area contributed by atoms with Crippen LogP contribution in [-0.2, 0) is 4.79 Å². The number of hydrogen-bond acceptors (Lipinski definition) is 6. The lowest BCUT2D eigenvalue weighted by atomic mass is 10.1. The summed E-state index contributed by atoms with van der Waals surface area (Å²) in [5, 5.41) is 15.9. The van der Waals surface area contributed by atoms with Crippen LogP contribution in [0.3, 0.4) is 0 Å². The van der Waals surface area contributed by atoms with Gasteiger partial charge in [-0.05, 0) is 64.0 Å². The number of likely N-dealkylation sites (tertiary alicyclic amines) is 2. The van der Waals surface area contributed by atoms with Crippen LogP contribution < -0.4 is 5.01 Å². The van der Waals surface area contributed by atoms with E-state index in [2.05, 4.69) is 14.9 Å². The number of hydrazone groups is 1. The lowest BCUT2D eigenvalue weighted by Crippen LogP contribution is -2.39. The van der Waals surface area contributed by atoms with Gasteiger partial charge in [-0.3, -0.25) is 9.69 Å². The van der Waals surface area contributed by atoms with Crippen molar-refractivity contribution >= 4 is 17.2 Å². The first kappa shape index (κ1) is 20.5. The second kappa shape index (κ2) is 10.9. The molecule has 0 atom stereocenters. The zero-order chi connectivity index (χ0) is 19.6. The number of benzene rings is 1. The van der Waals surface area contributed by atoms with Crippen LogP contribution in [0, 0.1) is 11.3 Å². The van der Waals surface area contributed by atoms with Gasteiger partial charge in [-0.25, -0.2) is 5.01 Å². The molecule has 3 rings (SSSR count). The number of nitrogens with zero attached hydrogens (tertiary/aromatic N) is 5. The third-order valence-corrected chi connectivity index (χ3v) is 5.53. The van der Waals surface area contributed by atoms with Crippen molar-refractivity contribution in [1.82, 2.24) is 9.80 Å². The van der Waals surface area contributed by atoms with Crippen LogP contribution in [0.2, 0.25) is 0 Å². The standard InChI is InChI=1S/C22H31N5O/c23-18-21(22(28)12-17-25-13-6-2-7-14-25)24-27(20-10-4-1-5-11-20)19-26-15-8-3-9-16-26/h1,4-5,10-11H,2-3,6-9,12-17,19H2/b24-21-. The van der Waals surface area contributed by atoms with E-state index in [-0.39, 0.29) is 11.5 Å². The van der Waals surface area contributed by atoms with E-state index in [0.717, 1.165) is 38.4 Å². The average molecular weight is 382 g/mol. The number of Topliss-reactive ketones (excluding diaryl/α,β-unsaturated/α-hetero) is 1. The van der Waals surface area contributed by atoms with E-state index < -0.39 is 0 Å². The number of anilines is 1. The topological polar surface area (TPSA) is 62.9 Å². The van der Waals surface area contributed by atoms with E-state index in [4.69, 9.17) is 0 Å². The first-order valence-corrected chi connectivity index (χ1v) is 10.6. The van der Waals surface area contributed by atoms with Crippen molar-refractivity contribution in [3.63, 3.8) is 0 Å². The number of nitriles is 1. The summed E-state index contributed by atoms with van der Waals surface area (Å²) in [4.78, 5) is 17.3. The number of rotatable bonds is 8. The Morgan fingerprint density at radius 3 is 2.18 bits per heavy atom. The molecule has 2 aliphatic rings. The maximum absolute atomic E-state index is 12.7. The minimum atomic E-state index is -0.160. The molecule has 2 heterocycles. The van der Waals surface area contributed by atoms with Gasteiger partial charge < -0.3 is 4.90 Å². The first-order chi connectivity index (χ1) is 13.8. The molecule has 0 N–H and O–H groups in total. The number of ketones is 1. The summed E-state index contributed by atoms with van der Waals surface area (Å²) >= 11 is 0. The molecule has 0 unspecified atom stereocenters. The van der Waals surface area contributed by atoms with Gasteiger partial charge in [0, 0.05) is 13.0 Å². The molecule has 150 valence electrons. The molecular formula is C22H31N5O. The number of hydrogen-bond donors (Lipinski definition) is 0. The molecule has 28 heavy (non-hydrogen) atoms. The Bertz CT molecular complexity index is 685. The zero-order valence-corrected chi connectivity index (χ0v) is 16.7. The van der Waals surface area contributed by atoms with Gasteiger partial charge in [0.25, 0.3) is 0 Å². The number of piperidine rings is 2. The van der Waals surface area contributed by atoms with Gasteiger partial charge in [-0.1, -0.05) is 31.0 Å². The van der Waals surface area contributed by atoms with E-state index in [1.54, 1.807) is 0 Å². The Kier molecular flexibility index (Phi) is 8.01. The smallest absolute Gasteiger partial charge is 0.203 e. The van der Waals surface area contributed by atoms with E-state index >= 15 is 0 Å². The van der Waals surface area contributed by atoms with Gasteiger partial charge in [-0.15, -0.1) is 0 Å². The fraction of sp³-hybridized carbons (Fsp3) is 0.591. The van der Waals surface area contributed by atoms with Crippen molar-refractivity contribution < 1.29 is 4.79 Å². The fourth-order valence-corrected chi connectivity index (χ4v) is 3.88. The zero-order valence-electron chi connectivity index (χ0n) is 16.7. The molecule has 0 saturated carbocycles. The van der Waals surface area contributed by atoms with Crippen molar-refractivity contribution in [2.75, 3.05) is 44.4 Å². The highest BCUT2D eigenvalue weighted by molar-refractivity contribution is 6.46. The van der Waals surface area contributed by atoms with Crippen LogP contribution in [0.15, 0.2) is 35.4 Å². The maximum Gasteiger partial charge on any atom is 0.203 e. The molecule has 6 heteroatoms. The second-order valence-electron chi connectivity index (χ2n) is 7.69. The van der Waals surface area contributed by atoms with Gasteiger partial charge >= 0.3 is 0 Å². The predicted octanol–water partition coefficient (Wildman–Crippen LogP) is 3.26. The van der Waals surface area contributed by atoms with Crippen molar-refractivity contribution in [2.45, 2.75) is 44.9 Å². The number of carbonyl (C=O) groups is 1. The normalized spacial score (nSPS) is 19.2. The van der Waals surface area contributed by atoms with Crippen LogP contribution in [0.4, 0.5) is 5.69 Å². The van der Waals surface area contributed by atoms with Crippen LogP contribution in [0.5, 0.6) is 0 Å². The molecule has 2 aliphatic heterocycles. The number of para-hydroxylation sites is 1. The Morgan fingerprint density at radius 2 is 1.57 bits per heavy atom. The van der Waals surface area contributed by atoms with Crippen molar-refractivity contribution in [3.8, 4) is 6.07 Å². The summed E-state index contributed by atoms with van der Waals surface area (Å²) in [5.41, 5.74) is 0.919. The predicted molar refractivity (Wildman–Crippen MR) is 112 cm³/mol. The first-order valence-electron chi connectivity index (χ1n) is 10.6. The SMILES string of the molecule is N#C/C(=N/N(CN1CCCCC1)c1ccccc1)C(=O)CCN1CCCCC1. The molecular weight excluding hydrogens is 350 g/mol. The maximum atomic E-state index is 12.7. The van der Waals surface area contributed by atoms with Crippen molar-refractivity contribution in [1.29, 1.82) is 5.26 Å². The molecule has 0 aliphatic carbocycles.